The number of rotatable bonds is 0. The van der Waals surface area contributed by atoms with Gasteiger partial charge < -0.3 is 9.64 Å². The number of benzene rings is 2. The Morgan fingerprint density at radius 1 is 0.955 bits per heavy atom. The maximum Gasteiger partial charge on any atom is 0.153 e. The molecule has 22 heavy (non-hydrogen) atoms. The molecule has 0 N–H and O–H groups in total. The van der Waals surface area contributed by atoms with E-state index in [9.17, 15) is 0 Å². The van der Waals surface area contributed by atoms with Gasteiger partial charge in [0.05, 0.1) is 24.9 Å². The van der Waals surface area contributed by atoms with Crippen molar-refractivity contribution in [1.82, 2.24) is 4.90 Å². The molecule has 2 heterocycles. The molecule has 3 nitrogen and oxygen atoms in total. The Morgan fingerprint density at radius 2 is 1.64 bits per heavy atom. The third-order valence-electron chi connectivity index (χ3n) is 4.16. The lowest BCUT2D eigenvalue weighted by molar-refractivity contribution is 0.458. The lowest BCUT2D eigenvalue weighted by Crippen LogP contribution is -2.43. The zero-order chi connectivity index (χ0) is 14.9. The molecule has 2 aromatic rings. The maximum absolute atomic E-state index is 6.11. The van der Waals surface area contributed by atoms with E-state index in [0.717, 1.165) is 41.7 Å². The van der Waals surface area contributed by atoms with E-state index < -0.39 is 0 Å². The summed E-state index contributed by atoms with van der Waals surface area (Å²) in [6, 6.07) is 16.2. The Morgan fingerprint density at radius 3 is 2.45 bits per heavy atom. The van der Waals surface area contributed by atoms with Gasteiger partial charge in [-0.1, -0.05) is 24.3 Å². The number of ether oxygens (including phenoxy) is 1. The second kappa shape index (κ2) is 5.69. The molecule has 0 saturated carbocycles. The van der Waals surface area contributed by atoms with E-state index in [4.69, 9.17) is 9.73 Å². The van der Waals surface area contributed by atoms with Gasteiger partial charge in [-0.3, -0.25) is 0 Å². The largest absolute Gasteiger partial charge is 0.454 e. The lowest BCUT2D eigenvalue weighted by atomic mass is 10.1. The minimum absolute atomic E-state index is 0.549. The molecule has 0 amide bonds. The number of nitrogens with zero attached hydrogens (tertiary/aromatic N) is 2. The Bertz CT molecular complexity index is 721. The van der Waals surface area contributed by atoms with Crippen LogP contribution in [0.25, 0.3) is 0 Å². The molecular formula is C18H19N2OS+. The van der Waals surface area contributed by atoms with Crippen molar-refractivity contribution >= 4 is 22.4 Å². The van der Waals surface area contributed by atoms with Crippen LogP contribution in [0, 0.1) is 0 Å². The first-order valence-electron chi connectivity index (χ1n) is 7.60. The lowest BCUT2D eigenvalue weighted by Gasteiger charge is -2.28. The van der Waals surface area contributed by atoms with Crippen LogP contribution in [0.15, 0.2) is 53.5 Å². The highest BCUT2D eigenvalue weighted by Gasteiger charge is 2.28. The van der Waals surface area contributed by atoms with E-state index in [1.165, 1.54) is 11.5 Å². The van der Waals surface area contributed by atoms with Gasteiger partial charge in [0, 0.05) is 0 Å². The standard InChI is InChI=1S/C18H19N2OS/c1-22-12-10-20(11-13-22)18-14-6-2-4-8-16(14)21-17-9-5-3-7-15(17)19-18/h2-9H,10-13H2,1H3/q+1. The average Bonchev–Trinajstić information content (AvgIpc) is 2.72. The molecule has 2 aliphatic rings. The number of amidine groups is 1. The number of hydrogen-bond donors (Lipinski definition) is 0. The third-order valence-corrected chi connectivity index (χ3v) is 5.92. The normalized spacial score (nSPS) is 17.9. The third kappa shape index (κ3) is 2.48. The molecule has 0 spiro atoms. The van der Waals surface area contributed by atoms with Gasteiger partial charge in [-0.15, -0.1) is 0 Å². The summed E-state index contributed by atoms with van der Waals surface area (Å²) in [5.41, 5.74) is 2.01. The molecule has 1 fully saturated rings. The van der Waals surface area contributed by atoms with Gasteiger partial charge >= 0.3 is 0 Å². The second-order valence-corrected chi connectivity index (χ2v) is 8.06. The summed E-state index contributed by atoms with van der Waals surface area (Å²) in [7, 11) is 0.549. The predicted octanol–water partition coefficient (Wildman–Crippen LogP) is 3.43. The summed E-state index contributed by atoms with van der Waals surface area (Å²) < 4.78 is 6.11. The van der Waals surface area contributed by atoms with E-state index in [-0.39, 0.29) is 0 Å². The van der Waals surface area contributed by atoms with Crippen LogP contribution in [-0.4, -0.2) is 41.6 Å². The first kappa shape index (κ1) is 13.7. The average molecular weight is 311 g/mol. The number of hydrogen-bond acceptors (Lipinski definition) is 3. The molecule has 0 bridgehead atoms. The molecule has 0 unspecified atom stereocenters. The monoisotopic (exact) mass is 311 g/mol. The van der Waals surface area contributed by atoms with Crippen LogP contribution in [0.2, 0.25) is 0 Å². The number of para-hydroxylation sites is 3. The molecule has 1 saturated heterocycles. The van der Waals surface area contributed by atoms with Gasteiger partial charge in [0.1, 0.15) is 28.8 Å². The van der Waals surface area contributed by atoms with Crippen LogP contribution in [0.4, 0.5) is 5.69 Å². The van der Waals surface area contributed by atoms with Crippen LogP contribution in [0.5, 0.6) is 11.5 Å². The van der Waals surface area contributed by atoms with Crippen LogP contribution >= 0.6 is 0 Å². The second-order valence-electron chi connectivity index (χ2n) is 5.68. The van der Waals surface area contributed by atoms with Crippen LogP contribution in [0.3, 0.4) is 0 Å². The first-order chi connectivity index (χ1) is 10.8. The van der Waals surface area contributed by atoms with E-state index in [1.807, 2.05) is 36.4 Å². The van der Waals surface area contributed by atoms with E-state index in [1.54, 1.807) is 0 Å². The van der Waals surface area contributed by atoms with Crippen molar-refractivity contribution in [2.24, 2.45) is 4.99 Å². The van der Waals surface area contributed by atoms with Gasteiger partial charge in [0.25, 0.3) is 0 Å². The highest BCUT2D eigenvalue weighted by molar-refractivity contribution is 7.96. The minimum atomic E-state index is 0.549. The Hall–Kier alpha value is -1.94. The van der Waals surface area contributed by atoms with Crippen LogP contribution < -0.4 is 4.74 Å². The van der Waals surface area contributed by atoms with Gasteiger partial charge in [-0.25, -0.2) is 4.99 Å². The SMILES string of the molecule is C[S+]1CCN(C2=Nc3ccccc3Oc3ccccc32)CC1. The molecular weight excluding hydrogens is 292 g/mol. The van der Waals surface area contributed by atoms with E-state index in [2.05, 4.69) is 23.3 Å². The number of fused-ring (bicyclic) bond motifs is 2. The maximum atomic E-state index is 6.11. The van der Waals surface area contributed by atoms with Crippen molar-refractivity contribution < 1.29 is 4.74 Å². The van der Waals surface area contributed by atoms with Crippen LogP contribution in [-0.2, 0) is 10.9 Å². The summed E-state index contributed by atoms with van der Waals surface area (Å²) in [6.07, 6.45) is 2.36. The number of aliphatic imine (C=N–C) groups is 1. The van der Waals surface area contributed by atoms with Gasteiger partial charge in [-0.2, -0.15) is 0 Å². The molecule has 0 atom stereocenters. The van der Waals surface area contributed by atoms with Crippen molar-refractivity contribution in [3.8, 4) is 11.5 Å². The molecule has 0 aliphatic carbocycles. The van der Waals surface area contributed by atoms with Gasteiger partial charge in [-0.05, 0) is 35.2 Å². The van der Waals surface area contributed by atoms with Crippen molar-refractivity contribution in [3.63, 3.8) is 0 Å². The fourth-order valence-electron chi connectivity index (χ4n) is 2.87. The Kier molecular flexibility index (Phi) is 3.54. The van der Waals surface area contributed by atoms with Crippen molar-refractivity contribution in [1.29, 1.82) is 0 Å². The highest BCUT2D eigenvalue weighted by Crippen LogP contribution is 2.37. The smallest absolute Gasteiger partial charge is 0.153 e. The molecule has 112 valence electrons. The van der Waals surface area contributed by atoms with E-state index in [0.29, 0.717) is 10.9 Å². The minimum Gasteiger partial charge on any atom is -0.454 e. The summed E-state index contributed by atoms with van der Waals surface area (Å²) in [4.78, 5) is 7.36. The fraction of sp³-hybridized carbons (Fsp3) is 0.278. The van der Waals surface area contributed by atoms with Crippen LogP contribution in [0.1, 0.15) is 5.56 Å². The Labute approximate surface area is 134 Å². The topological polar surface area (TPSA) is 24.8 Å². The fourth-order valence-corrected chi connectivity index (χ4v) is 4.14. The molecule has 2 aromatic carbocycles. The highest BCUT2D eigenvalue weighted by atomic mass is 32.2. The molecule has 4 heteroatoms. The summed E-state index contributed by atoms with van der Waals surface area (Å²) in [6.45, 7) is 2.16. The molecule has 2 aliphatic heterocycles. The quantitative estimate of drug-likeness (QED) is 0.696. The predicted molar refractivity (Wildman–Crippen MR) is 93.8 cm³/mol. The van der Waals surface area contributed by atoms with Gasteiger partial charge in [0.15, 0.2) is 5.75 Å². The molecule has 0 radical (unpaired) electrons. The Balaban J connectivity index is 1.82. The first-order valence-corrected chi connectivity index (χ1v) is 9.57. The van der Waals surface area contributed by atoms with Gasteiger partial charge in [0.2, 0.25) is 0 Å². The van der Waals surface area contributed by atoms with Crippen molar-refractivity contribution in [2.45, 2.75) is 0 Å². The molecule has 0 aromatic heterocycles. The zero-order valence-corrected chi connectivity index (χ0v) is 13.5. The van der Waals surface area contributed by atoms with E-state index >= 15 is 0 Å². The van der Waals surface area contributed by atoms with Crippen molar-refractivity contribution in [3.05, 3.63) is 54.1 Å². The summed E-state index contributed by atoms with van der Waals surface area (Å²) >= 11 is 0. The summed E-state index contributed by atoms with van der Waals surface area (Å²) in [5.74, 6) is 5.29. The molecule has 4 rings (SSSR count). The van der Waals surface area contributed by atoms with Crippen molar-refractivity contribution in [2.75, 3.05) is 30.9 Å². The summed E-state index contributed by atoms with van der Waals surface area (Å²) in [5, 5.41) is 0. The zero-order valence-electron chi connectivity index (χ0n) is 12.7.